The maximum atomic E-state index is 13.7. The Hall–Kier alpha value is -3.76. The fourth-order valence-corrected chi connectivity index (χ4v) is 4.99. The molecule has 1 aliphatic heterocycles. The van der Waals surface area contributed by atoms with Gasteiger partial charge in [-0.25, -0.2) is 4.79 Å². The molecule has 4 atom stereocenters. The molecule has 0 spiro atoms. The van der Waals surface area contributed by atoms with Gasteiger partial charge in [-0.15, -0.1) is 0 Å². The van der Waals surface area contributed by atoms with Gasteiger partial charge >= 0.3 is 5.97 Å². The van der Waals surface area contributed by atoms with E-state index in [0.29, 0.717) is 19.3 Å². The summed E-state index contributed by atoms with van der Waals surface area (Å²) in [7, 11) is 0. The van der Waals surface area contributed by atoms with Crippen LogP contribution < -0.4 is 21.3 Å². The van der Waals surface area contributed by atoms with Gasteiger partial charge in [-0.1, -0.05) is 88.4 Å². The molecule has 1 fully saturated rings. The summed E-state index contributed by atoms with van der Waals surface area (Å²) >= 11 is 0. The molecule has 0 aliphatic carbocycles. The second-order valence-corrected chi connectivity index (χ2v) is 12.2. The largest absolute Gasteiger partial charge is 0.459 e. The summed E-state index contributed by atoms with van der Waals surface area (Å²) in [5.74, 6) is -1.65. The van der Waals surface area contributed by atoms with Crippen LogP contribution in [-0.4, -0.2) is 61.0 Å². The summed E-state index contributed by atoms with van der Waals surface area (Å²) in [6.45, 7) is 8.76. The molecule has 3 amide bonds. The van der Waals surface area contributed by atoms with Crippen molar-refractivity contribution in [1.29, 1.82) is 0 Å². The molecule has 0 saturated carbocycles. The Balaban J connectivity index is 1.72. The van der Waals surface area contributed by atoms with Gasteiger partial charge in [0.25, 0.3) is 0 Å². The second-order valence-electron chi connectivity index (χ2n) is 12.2. The molecule has 4 N–H and O–H groups in total. The summed E-state index contributed by atoms with van der Waals surface area (Å²) in [5.41, 5.74) is 1.75. The Bertz CT molecular complexity index is 1180. The van der Waals surface area contributed by atoms with Crippen LogP contribution in [0, 0.1) is 11.8 Å². The monoisotopic (exact) mass is 608 g/mol. The summed E-state index contributed by atoms with van der Waals surface area (Å²) in [6, 6.07) is 15.6. The van der Waals surface area contributed by atoms with Crippen LogP contribution in [0.5, 0.6) is 0 Å². The number of nitrogens with one attached hydrogen (secondary N) is 4. The van der Waals surface area contributed by atoms with Crippen LogP contribution in [0.3, 0.4) is 0 Å². The van der Waals surface area contributed by atoms with Crippen LogP contribution in [0.4, 0.5) is 0 Å². The third kappa shape index (κ3) is 12.1. The van der Waals surface area contributed by atoms with E-state index in [1.807, 2.05) is 88.4 Å². The van der Waals surface area contributed by atoms with Crippen LogP contribution in [0.2, 0.25) is 0 Å². The van der Waals surface area contributed by atoms with Gasteiger partial charge in [0.2, 0.25) is 17.7 Å². The molecule has 10 heteroatoms. The molecular formula is C34H48N4O6. The Morgan fingerprint density at radius 1 is 0.750 bits per heavy atom. The molecular weight excluding hydrogens is 560 g/mol. The molecule has 10 nitrogen and oxygen atoms in total. The minimum Gasteiger partial charge on any atom is -0.459 e. The number of hydrogen-bond donors (Lipinski definition) is 4. The number of ether oxygens (including phenoxy) is 2. The number of carbonyl (C=O) groups is 4. The van der Waals surface area contributed by atoms with Crippen molar-refractivity contribution < 1.29 is 28.7 Å². The van der Waals surface area contributed by atoms with Gasteiger partial charge < -0.3 is 30.7 Å². The molecule has 1 saturated heterocycles. The lowest BCUT2D eigenvalue weighted by Crippen LogP contribution is -2.58. The molecule has 0 unspecified atom stereocenters. The van der Waals surface area contributed by atoms with Crippen LogP contribution in [0.1, 0.15) is 64.5 Å². The molecule has 0 aromatic heterocycles. The smallest absolute Gasteiger partial charge is 0.328 e. The topological polar surface area (TPSA) is 135 Å². The normalized spacial score (nSPS) is 16.6. The van der Waals surface area contributed by atoms with Gasteiger partial charge in [-0.2, -0.15) is 0 Å². The highest BCUT2D eigenvalue weighted by atomic mass is 16.5. The first-order valence-electron chi connectivity index (χ1n) is 15.6. The number of esters is 1. The van der Waals surface area contributed by atoms with E-state index in [9.17, 15) is 19.2 Å². The summed E-state index contributed by atoms with van der Waals surface area (Å²) < 4.78 is 11.4. The third-order valence-corrected chi connectivity index (χ3v) is 7.28. The summed E-state index contributed by atoms with van der Waals surface area (Å²) in [6.07, 6.45) is 2.35. The second kappa shape index (κ2) is 18.1. The predicted molar refractivity (Wildman–Crippen MR) is 168 cm³/mol. The first kappa shape index (κ1) is 34.7. The van der Waals surface area contributed by atoms with Crippen molar-refractivity contribution in [2.45, 2.75) is 90.8 Å². The lowest BCUT2D eigenvalue weighted by molar-refractivity contribution is -0.150. The van der Waals surface area contributed by atoms with Gasteiger partial charge in [-0.3, -0.25) is 14.4 Å². The number of carbonyl (C=O) groups excluding carboxylic acids is 4. The van der Waals surface area contributed by atoms with Crippen molar-refractivity contribution in [1.82, 2.24) is 21.3 Å². The van der Waals surface area contributed by atoms with E-state index in [1.165, 1.54) is 0 Å². The van der Waals surface area contributed by atoms with E-state index < -0.39 is 35.9 Å². The average molecular weight is 609 g/mol. The van der Waals surface area contributed by atoms with Crippen molar-refractivity contribution in [2.75, 3.05) is 13.2 Å². The Labute approximate surface area is 261 Å². The Kier molecular flexibility index (Phi) is 14.3. The van der Waals surface area contributed by atoms with E-state index in [4.69, 9.17) is 9.47 Å². The maximum Gasteiger partial charge on any atom is 0.328 e. The van der Waals surface area contributed by atoms with Crippen molar-refractivity contribution >= 4 is 23.7 Å². The molecule has 1 heterocycles. The van der Waals surface area contributed by atoms with E-state index in [2.05, 4.69) is 21.3 Å². The maximum absolute atomic E-state index is 13.7. The summed E-state index contributed by atoms with van der Waals surface area (Å²) in [4.78, 5) is 53.2. The zero-order chi connectivity index (χ0) is 31.9. The van der Waals surface area contributed by atoms with Crippen molar-refractivity contribution in [2.24, 2.45) is 11.8 Å². The lowest BCUT2D eigenvalue weighted by Gasteiger charge is -2.27. The number of hydrogen-bond acceptors (Lipinski definition) is 7. The highest BCUT2D eigenvalue weighted by Crippen LogP contribution is 2.12. The number of amides is 3. The van der Waals surface area contributed by atoms with Crippen molar-refractivity contribution in [3.8, 4) is 0 Å². The molecule has 1 aliphatic rings. The van der Waals surface area contributed by atoms with E-state index in [1.54, 1.807) is 0 Å². The highest BCUT2D eigenvalue weighted by molar-refractivity contribution is 5.94. The Morgan fingerprint density at radius 2 is 1.30 bits per heavy atom. The molecule has 44 heavy (non-hydrogen) atoms. The lowest BCUT2D eigenvalue weighted by atomic mass is 10.0. The third-order valence-electron chi connectivity index (χ3n) is 7.28. The van der Waals surface area contributed by atoms with Gasteiger partial charge in [0, 0.05) is 0 Å². The summed E-state index contributed by atoms with van der Waals surface area (Å²) in [5, 5.41) is 11.6. The van der Waals surface area contributed by atoms with Gasteiger partial charge in [0.1, 0.15) is 24.7 Å². The average Bonchev–Trinajstić information content (AvgIpc) is 3.55. The van der Waals surface area contributed by atoms with Crippen LogP contribution in [0.15, 0.2) is 60.7 Å². The zero-order valence-electron chi connectivity index (χ0n) is 26.3. The van der Waals surface area contributed by atoms with Gasteiger partial charge in [0.15, 0.2) is 0 Å². The Morgan fingerprint density at radius 3 is 1.86 bits per heavy atom. The fraction of sp³-hybridized carbons (Fsp3) is 0.529. The van der Waals surface area contributed by atoms with Crippen molar-refractivity contribution in [3.63, 3.8) is 0 Å². The standard InChI is InChI=1S/C34H48N4O6/c1-23(2)18-28(36-31(39)27-16-11-17-35-27)32(40)38-30(22-43-20-25-12-7-5-8-13-25)33(41)37-29(19-24(3)4)34(42)44-21-26-14-9-6-10-15-26/h5-10,12-15,23-24,27-30,35H,11,16-22H2,1-4H3,(H,36,39)(H,37,41)(H,38,40)/t27-,28-,29-,30-/m0/s1. The van der Waals surface area contributed by atoms with Crippen LogP contribution in [0.25, 0.3) is 0 Å². The molecule has 0 radical (unpaired) electrons. The van der Waals surface area contributed by atoms with E-state index >= 15 is 0 Å². The highest BCUT2D eigenvalue weighted by Gasteiger charge is 2.32. The first-order chi connectivity index (χ1) is 21.1. The van der Waals surface area contributed by atoms with Crippen molar-refractivity contribution in [3.05, 3.63) is 71.8 Å². The van der Waals surface area contributed by atoms with Gasteiger partial charge in [0.05, 0.1) is 19.3 Å². The first-order valence-corrected chi connectivity index (χ1v) is 15.6. The number of rotatable bonds is 17. The SMILES string of the molecule is CC(C)C[C@H](NC(=O)[C@@H]1CCCN1)C(=O)N[C@@H](COCc1ccccc1)C(=O)N[C@@H](CC(C)C)C(=O)OCc1ccccc1. The zero-order valence-corrected chi connectivity index (χ0v) is 26.3. The molecule has 3 rings (SSSR count). The quantitative estimate of drug-likeness (QED) is 0.203. The van der Waals surface area contributed by atoms with Crippen LogP contribution in [-0.2, 0) is 41.9 Å². The number of benzene rings is 2. The van der Waals surface area contributed by atoms with Crippen LogP contribution >= 0.6 is 0 Å². The van der Waals surface area contributed by atoms with Gasteiger partial charge in [-0.05, 0) is 55.2 Å². The predicted octanol–water partition coefficient (Wildman–Crippen LogP) is 3.25. The minimum atomic E-state index is -1.11. The molecule has 0 bridgehead atoms. The molecule has 2 aromatic carbocycles. The molecule has 2 aromatic rings. The van der Waals surface area contributed by atoms with E-state index in [-0.39, 0.29) is 43.6 Å². The van der Waals surface area contributed by atoms with E-state index in [0.717, 1.165) is 24.1 Å². The fourth-order valence-electron chi connectivity index (χ4n) is 4.99. The molecule has 240 valence electrons. The minimum absolute atomic E-state index is 0.0803.